The summed E-state index contributed by atoms with van der Waals surface area (Å²) < 4.78 is 26.8. The van der Waals surface area contributed by atoms with Gasteiger partial charge in [-0.15, -0.1) is 23.1 Å². The lowest BCUT2D eigenvalue weighted by Crippen LogP contribution is -2.45. The van der Waals surface area contributed by atoms with Crippen LogP contribution < -0.4 is 9.62 Å². The molecule has 1 N–H and O–H groups in total. The average molecular weight is 489 g/mol. The van der Waals surface area contributed by atoms with Crippen molar-refractivity contribution in [3.05, 3.63) is 46.6 Å². The number of nitrogens with one attached hydrogen (secondary N) is 1. The van der Waals surface area contributed by atoms with Crippen molar-refractivity contribution in [2.75, 3.05) is 23.7 Å². The predicted molar refractivity (Wildman–Crippen MR) is 133 cm³/mol. The smallest absolute Gasteiger partial charge is 0.211 e. The van der Waals surface area contributed by atoms with Gasteiger partial charge in [-0.2, -0.15) is 0 Å². The van der Waals surface area contributed by atoms with Gasteiger partial charge in [-0.1, -0.05) is 18.2 Å². The van der Waals surface area contributed by atoms with Crippen molar-refractivity contribution in [3.8, 4) is 0 Å². The summed E-state index contributed by atoms with van der Waals surface area (Å²) in [6.45, 7) is 3.29. The minimum absolute atomic E-state index is 0.00910. The molecule has 0 radical (unpaired) electrons. The van der Waals surface area contributed by atoms with Crippen molar-refractivity contribution in [1.29, 1.82) is 0 Å². The molecule has 2 aliphatic rings. The molecule has 1 fully saturated rings. The Bertz CT molecular complexity index is 1200. The third-order valence-corrected chi connectivity index (χ3v) is 9.87. The lowest BCUT2D eigenvalue weighted by atomic mass is 10.1. The molecule has 0 unspecified atom stereocenters. The molecule has 0 atom stereocenters. The van der Waals surface area contributed by atoms with E-state index >= 15 is 0 Å². The van der Waals surface area contributed by atoms with Crippen LogP contribution in [0.2, 0.25) is 0 Å². The van der Waals surface area contributed by atoms with Crippen LogP contribution in [0.25, 0.3) is 10.2 Å². The number of aromatic nitrogens is 2. The van der Waals surface area contributed by atoms with Gasteiger partial charge in [0.05, 0.1) is 16.9 Å². The van der Waals surface area contributed by atoms with Crippen LogP contribution in [-0.2, 0) is 28.6 Å². The van der Waals surface area contributed by atoms with E-state index < -0.39 is 10.0 Å². The van der Waals surface area contributed by atoms with Gasteiger partial charge in [0.15, 0.2) is 0 Å². The quantitative estimate of drug-likeness (QED) is 0.498. The Hall–Kier alpha value is -1.68. The molecule has 0 saturated carbocycles. The second kappa shape index (κ2) is 9.29. The topological polar surface area (TPSA) is 75.2 Å². The van der Waals surface area contributed by atoms with E-state index in [1.165, 1.54) is 27.1 Å². The zero-order chi connectivity index (χ0) is 22.1. The van der Waals surface area contributed by atoms with Gasteiger partial charge in [0.2, 0.25) is 10.0 Å². The Morgan fingerprint density at radius 1 is 1.16 bits per heavy atom. The summed E-state index contributed by atoms with van der Waals surface area (Å²) in [6.07, 6.45) is 5.06. The van der Waals surface area contributed by atoms with Crippen LogP contribution in [-0.4, -0.2) is 43.3 Å². The molecule has 170 valence electrons. The van der Waals surface area contributed by atoms with Crippen LogP contribution in [0.4, 0.5) is 5.82 Å². The molecule has 0 amide bonds. The fourth-order valence-corrected chi connectivity index (χ4v) is 7.48. The fraction of sp³-hybridized carbons (Fsp3) is 0.478. The van der Waals surface area contributed by atoms with Crippen molar-refractivity contribution in [2.24, 2.45) is 0 Å². The zero-order valence-electron chi connectivity index (χ0n) is 18.2. The van der Waals surface area contributed by atoms with Crippen LogP contribution in [0.15, 0.2) is 35.2 Å². The second-order valence-corrected chi connectivity index (χ2v) is 12.6. The maximum absolute atomic E-state index is 12.0. The standard InChI is InChI=1S/C23H28N4O2S3/c1-2-32(28,29)26-16-11-13-27(14-12-16)22-21-18-9-6-10-19(18)31-23(21)25-20(24-22)15-30-17-7-4-3-5-8-17/h3-5,7-8,16,26H,2,6,9-15H2,1H3. The molecule has 1 aliphatic carbocycles. The molecule has 1 aromatic carbocycles. The van der Waals surface area contributed by atoms with Crippen LogP contribution in [0.1, 0.15) is 42.5 Å². The van der Waals surface area contributed by atoms with Gasteiger partial charge in [0.1, 0.15) is 16.5 Å². The maximum Gasteiger partial charge on any atom is 0.211 e. The number of fused-ring (bicyclic) bond motifs is 3. The molecule has 3 aromatic rings. The summed E-state index contributed by atoms with van der Waals surface area (Å²) in [4.78, 5) is 16.2. The Morgan fingerprint density at radius 2 is 1.94 bits per heavy atom. The molecular formula is C23H28N4O2S3. The molecule has 1 saturated heterocycles. The van der Waals surface area contributed by atoms with Crippen LogP contribution in [0, 0.1) is 0 Å². The van der Waals surface area contributed by atoms with Crippen molar-refractivity contribution < 1.29 is 8.42 Å². The van der Waals surface area contributed by atoms with Gasteiger partial charge in [-0.05, 0) is 56.7 Å². The lowest BCUT2D eigenvalue weighted by molar-refractivity contribution is 0.459. The molecule has 32 heavy (non-hydrogen) atoms. The van der Waals surface area contributed by atoms with Gasteiger partial charge >= 0.3 is 0 Å². The number of anilines is 1. The minimum atomic E-state index is -3.17. The highest BCUT2D eigenvalue weighted by Crippen LogP contribution is 2.41. The van der Waals surface area contributed by atoms with Crippen LogP contribution >= 0.6 is 23.1 Å². The molecule has 0 spiro atoms. The molecular weight excluding hydrogens is 460 g/mol. The highest BCUT2D eigenvalue weighted by Gasteiger charge is 2.28. The zero-order valence-corrected chi connectivity index (χ0v) is 20.7. The summed E-state index contributed by atoms with van der Waals surface area (Å²) >= 11 is 3.59. The van der Waals surface area contributed by atoms with Crippen molar-refractivity contribution >= 4 is 49.2 Å². The monoisotopic (exact) mass is 488 g/mol. The first kappa shape index (κ1) is 22.1. The molecule has 6 nitrogen and oxygen atoms in total. The van der Waals surface area contributed by atoms with Gasteiger partial charge < -0.3 is 4.90 Å². The average Bonchev–Trinajstić information content (AvgIpc) is 3.39. The Morgan fingerprint density at radius 3 is 2.69 bits per heavy atom. The van der Waals surface area contributed by atoms with Crippen molar-refractivity contribution in [1.82, 2.24) is 14.7 Å². The van der Waals surface area contributed by atoms with E-state index in [9.17, 15) is 8.42 Å². The van der Waals surface area contributed by atoms with Crippen molar-refractivity contribution in [3.63, 3.8) is 0 Å². The first-order valence-corrected chi connectivity index (χ1v) is 14.7. The number of nitrogens with zero attached hydrogens (tertiary/aromatic N) is 3. The van der Waals surface area contributed by atoms with Gasteiger partial charge in [0, 0.05) is 28.9 Å². The normalized spacial score (nSPS) is 17.2. The summed E-state index contributed by atoms with van der Waals surface area (Å²) in [6, 6.07) is 10.4. The van der Waals surface area contributed by atoms with E-state index in [-0.39, 0.29) is 11.8 Å². The number of sulfonamides is 1. The van der Waals surface area contributed by atoms with E-state index in [0.29, 0.717) is 0 Å². The summed E-state index contributed by atoms with van der Waals surface area (Å²) in [5, 5.41) is 1.24. The van der Waals surface area contributed by atoms with E-state index in [0.717, 1.165) is 61.0 Å². The molecule has 9 heteroatoms. The number of thiophene rings is 1. The van der Waals surface area contributed by atoms with E-state index in [1.807, 2.05) is 17.4 Å². The third kappa shape index (κ3) is 4.66. The first-order chi connectivity index (χ1) is 15.5. The van der Waals surface area contributed by atoms with Gasteiger partial charge in [-0.25, -0.2) is 23.1 Å². The number of thioether (sulfide) groups is 1. The number of hydrogen-bond donors (Lipinski definition) is 1. The van der Waals surface area contributed by atoms with E-state index in [1.54, 1.807) is 18.7 Å². The Kier molecular flexibility index (Phi) is 6.42. The predicted octanol–water partition coefficient (Wildman–Crippen LogP) is 4.38. The lowest BCUT2D eigenvalue weighted by Gasteiger charge is -2.33. The molecule has 1 aliphatic heterocycles. The third-order valence-electron chi connectivity index (χ3n) is 6.22. The van der Waals surface area contributed by atoms with E-state index in [4.69, 9.17) is 9.97 Å². The van der Waals surface area contributed by atoms with E-state index in [2.05, 4.69) is 33.9 Å². The SMILES string of the molecule is CCS(=O)(=O)NC1CCN(c2nc(CSc3ccccc3)nc3sc4c(c23)CCC4)CC1. The molecule has 2 aromatic heterocycles. The first-order valence-electron chi connectivity index (χ1n) is 11.3. The number of rotatable bonds is 7. The summed E-state index contributed by atoms with van der Waals surface area (Å²) in [5.74, 6) is 2.79. The summed E-state index contributed by atoms with van der Waals surface area (Å²) in [5.41, 5.74) is 1.44. The molecule has 0 bridgehead atoms. The van der Waals surface area contributed by atoms with Crippen LogP contribution in [0.5, 0.6) is 0 Å². The second-order valence-electron chi connectivity index (χ2n) is 8.39. The minimum Gasteiger partial charge on any atom is -0.356 e. The number of hydrogen-bond acceptors (Lipinski definition) is 7. The van der Waals surface area contributed by atoms with Crippen LogP contribution in [0.3, 0.4) is 0 Å². The number of benzene rings is 1. The number of piperidine rings is 1. The van der Waals surface area contributed by atoms with Gasteiger partial charge in [0.25, 0.3) is 0 Å². The largest absolute Gasteiger partial charge is 0.356 e. The molecule has 3 heterocycles. The maximum atomic E-state index is 12.0. The highest BCUT2D eigenvalue weighted by molar-refractivity contribution is 7.98. The Balaban J connectivity index is 1.41. The molecule has 5 rings (SSSR count). The highest BCUT2D eigenvalue weighted by atomic mass is 32.2. The van der Waals surface area contributed by atoms with Gasteiger partial charge in [-0.3, -0.25) is 0 Å². The fourth-order valence-electron chi connectivity index (χ4n) is 4.52. The summed E-state index contributed by atoms with van der Waals surface area (Å²) in [7, 11) is -3.17. The Labute approximate surface area is 197 Å². The number of aryl methyl sites for hydroxylation is 2. The van der Waals surface area contributed by atoms with Crippen molar-refractivity contribution in [2.45, 2.75) is 55.7 Å².